The molecule has 1 aromatic carbocycles. The average molecular weight is 414 g/mol. The van der Waals surface area contributed by atoms with E-state index in [0.29, 0.717) is 42.9 Å². The van der Waals surface area contributed by atoms with E-state index in [1.54, 1.807) is 14.2 Å². The van der Waals surface area contributed by atoms with E-state index in [1.165, 1.54) is 12.1 Å². The molecule has 1 rings (SSSR count). The maximum Gasteiger partial charge on any atom is 0.387 e. The standard InChI is InChI=1S/C16H23Cl2F2N3O3/c1-21-16(22-4-3-5-25-7-6-24-2)23-10-11-8-12(17)9-13(18)14(11)26-15(19)20/h8-9,15H,3-7,10H2,1-2H3,(H2,21,22,23). The zero-order valence-corrected chi connectivity index (χ0v) is 16.2. The molecule has 0 bridgehead atoms. The second-order valence-corrected chi connectivity index (χ2v) is 5.91. The van der Waals surface area contributed by atoms with Crippen LogP contribution >= 0.6 is 23.2 Å². The highest BCUT2D eigenvalue weighted by Crippen LogP contribution is 2.33. The first-order valence-corrected chi connectivity index (χ1v) is 8.67. The molecule has 0 aliphatic heterocycles. The van der Waals surface area contributed by atoms with E-state index in [1.807, 2.05) is 0 Å². The maximum atomic E-state index is 12.6. The molecule has 0 unspecified atom stereocenters. The van der Waals surface area contributed by atoms with Crippen molar-refractivity contribution in [3.63, 3.8) is 0 Å². The average Bonchev–Trinajstić information content (AvgIpc) is 2.59. The minimum atomic E-state index is -2.98. The van der Waals surface area contributed by atoms with Crippen LogP contribution in [-0.4, -0.2) is 53.1 Å². The van der Waals surface area contributed by atoms with Gasteiger partial charge in [-0.05, 0) is 18.6 Å². The highest BCUT2D eigenvalue weighted by molar-refractivity contribution is 6.35. The van der Waals surface area contributed by atoms with Crippen LogP contribution in [0.2, 0.25) is 10.0 Å². The summed E-state index contributed by atoms with van der Waals surface area (Å²) in [4.78, 5) is 4.06. The van der Waals surface area contributed by atoms with Crippen LogP contribution in [0.5, 0.6) is 5.75 Å². The summed E-state index contributed by atoms with van der Waals surface area (Å²) in [5.41, 5.74) is 0.397. The number of benzene rings is 1. The molecule has 2 N–H and O–H groups in total. The Hall–Kier alpha value is -1.35. The zero-order valence-electron chi connectivity index (χ0n) is 14.7. The van der Waals surface area contributed by atoms with E-state index >= 15 is 0 Å². The number of ether oxygens (including phenoxy) is 3. The van der Waals surface area contributed by atoms with Gasteiger partial charge in [-0.15, -0.1) is 0 Å². The van der Waals surface area contributed by atoms with Gasteiger partial charge in [0.05, 0.1) is 18.2 Å². The molecule has 0 saturated carbocycles. The third kappa shape index (κ3) is 8.84. The lowest BCUT2D eigenvalue weighted by atomic mass is 10.2. The van der Waals surface area contributed by atoms with Gasteiger partial charge >= 0.3 is 6.61 Å². The fourth-order valence-corrected chi connectivity index (χ4v) is 2.57. The van der Waals surface area contributed by atoms with Gasteiger partial charge in [0.15, 0.2) is 5.96 Å². The highest BCUT2D eigenvalue weighted by atomic mass is 35.5. The van der Waals surface area contributed by atoms with Gasteiger partial charge in [-0.3, -0.25) is 4.99 Å². The molecule has 0 atom stereocenters. The first kappa shape index (κ1) is 22.7. The number of rotatable bonds is 11. The molecule has 0 aliphatic carbocycles. The SMILES string of the molecule is CN=C(NCCCOCCOC)NCc1cc(Cl)cc(Cl)c1OC(F)F. The first-order chi connectivity index (χ1) is 12.5. The van der Waals surface area contributed by atoms with Gasteiger partial charge < -0.3 is 24.8 Å². The fraction of sp³-hybridized carbons (Fsp3) is 0.562. The van der Waals surface area contributed by atoms with Gasteiger partial charge in [0.25, 0.3) is 0 Å². The molecule has 0 heterocycles. The summed E-state index contributed by atoms with van der Waals surface area (Å²) in [6.07, 6.45) is 0.771. The van der Waals surface area contributed by atoms with Crippen molar-refractivity contribution < 1.29 is 23.0 Å². The molecule has 0 aliphatic rings. The predicted molar refractivity (Wildman–Crippen MR) is 98.6 cm³/mol. The minimum absolute atomic E-state index is 0.0192. The lowest BCUT2D eigenvalue weighted by Gasteiger charge is -2.16. The zero-order chi connectivity index (χ0) is 19.4. The summed E-state index contributed by atoms with van der Waals surface area (Å²) in [6.45, 7) is -0.504. The van der Waals surface area contributed by atoms with Gasteiger partial charge in [-0.2, -0.15) is 8.78 Å². The van der Waals surface area contributed by atoms with Crippen molar-refractivity contribution in [3.05, 3.63) is 27.7 Å². The first-order valence-electron chi connectivity index (χ1n) is 7.91. The summed E-state index contributed by atoms with van der Waals surface area (Å²) in [6, 6.07) is 2.86. The Labute approximate surface area is 161 Å². The normalized spacial score (nSPS) is 11.7. The smallest absolute Gasteiger partial charge is 0.387 e. The van der Waals surface area contributed by atoms with Crippen molar-refractivity contribution in [1.29, 1.82) is 0 Å². The highest BCUT2D eigenvalue weighted by Gasteiger charge is 2.15. The summed E-state index contributed by atoms with van der Waals surface area (Å²) < 4.78 is 39.9. The Bertz CT molecular complexity index is 578. The molecular formula is C16H23Cl2F2N3O3. The molecule has 148 valence electrons. The number of alkyl halides is 2. The molecule has 0 aromatic heterocycles. The van der Waals surface area contributed by atoms with Crippen molar-refractivity contribution in [2.75, 3.05) is 40.5 Å². The Morgan fingerprint density at radius 1 is 1.19 bits per heavy atom. The Balaban J connectivity index is 2.50. The molecule has 0 radical (unpaired) electrons. The molecule has 0 spiro atoms. The molecule has 0 saturated heterocycles. The topological polar surface area (TPSA) is 64.1 Å². The second-order valence-electron chi connectivity index (χ2n) is 5.07. The second kappa shape index (κ2) is 12.9. The molecule has 10 heteroatoms. The van der Waals surface area contributed by atoms with Crippen LogP contribution in [0.15, 0.2) is 17.1 Å². The lowest BCUT2D eigenvalue weighted by molar-refractivity contribution is -0.0504. The van der Waals surface area contributed by atoms with E-state index < -0.39 is 6.61 Å². The minimum Gasteiger partial charge on any atom is -0.433 e. The van der Waals surface area contributed by atoms with E-state index in [9.17, 15) is 8.78 Å². The summed E-state index contributed by atoms with van der Waals surface area (Å²) >= 11 is 11.9. The van der Waals surface area contributed by atoms with Crippen LogP contribution in [0.4, 0.5) is 8.78 Å². The van der Waals surface area contributed by atoms with Gasteiger partial charge in [0.1, 0.15) is 5.75 Å². The monoisotopic (exact) mass is 413 g/mol. The van der Waals surface area contributed by atoms with E-state index in [2.05, 4.69) is 20.4 Å². The van der Waals surface area contributed by atoms with Crippen molar-refractivity contribution in [2.45, 2.75) is 19.6 Å². The number of guanidine groups is 1. The maximum absolute atomic E-state index is 12.6. The number of aliphatic imine (C=N–C) groups is 1. The lowest BCUT2D eigenvalue weighted by Crippen LogP contribution is -2.37. The van der Waals surface area contributed by atoms with Crippen LogP contribution in [-0.2, 0) is 16.0 Å². The molecule has 6 nitrogen and oxygen atoms in total. The van der Waals surface area contributed by atoms with Crippen LogP contribution in [0.25, 0.3) is 0 Å². The van der Waals surface area contributed by atoms with Gasteiger partial charge in [0, 0.05) is 44.4 Å². The van der Waals surface area contributed by atoms with E-state index in [4.69, 9.17) is 32.7 Å². The van der Waals surface area contributed by atoms with Gasteiger partial charge in [-0.1, -0.05) is 23.2 Å². The molecular weight excluding hydrogens is 391 g/mol. The number of halogens is 4. The summed E-state index contributed by atoms with van der Waals surface area (Å²) in [5.74, 6) is 0.390. The van der Waals surface area contributed by atoms with Crippen molar-refractivity contribution in [1.82, 2.24) is 10.6 Å². The number of nitrogens with zero attached hydrogens (tertiary/aromatic N) is 1. The number of hydrogen-bond acceptors (Lipinski definition) is 4. The third-order valence-corrected chi connectivity index (χ3v) is 3.65. The van der Waals surface area contributed by atoms with Crippen LogP contribution < -0.4 is 15.4 Å². The van der Waals surface area contributed by atoms with Gasteiger partial charge in [-0.25, -0.2) is 0 Å². The molecule has 1 aromatic rings. The van der Waals surface area contributed by atoms with Gasteiger partial charge in [0.2, 0.25) is 0 Å². The third-order valence-electron chi connectivity index (χ3n) is 3.15. The number of methoxy groups -OCH3 is 1. The van der Waals surface area contributed by atoms with Crippen LogP contribution in [0.1, 0.15) is 12.0 Å². The molecule has 0 amide bonds. The van der Waals surface area contributed by atoms with E-state index in [0.717, 1.165) is 6.42 Å². The van der Waals surface area contributed by atoms with Crippen LogP contribution in [0, 0.1) is 0 Å². The number of hydrogen-bond donors (Lipinski definition) is 2. The van der Waals surface area contributed by atoms with Crippen molar-refractivity contribution >= 4 is 29.2 Å². The Morgan fingerprint density at radius 3 is 2.62 bits per heavy atom. The molecule has 26 heavy (non-hydrogen) atoms. The largest absolute Gasteiger partial charge is 0.433 e. The fourth-order valence-electron chi connectivity index (χ4n) is 1.99. The number of nitrogens with one attached hydrogen (secondary N) is 2. The Morgan fingerprint density at radius 2 is 1.96 bits per heavy atom. The predicted octanol–water partition coefficient (Wildman–Crippen LogP) is 3.31. The van der Waals surface area contributed by atoms with Crippen molar-refractivity contribution in [3.8, 4) is 5.75 Å². The Kier molecular flexibility index (Phi) is 11.3. The van der Waals surface area contributed by atoms with Crippen LogP contribution in [0.3, 0.4) is 0 Å². The summed E-state index contributed by atoms with van der Waals surface area (Å²) in [5, 5.41) is 6.44. The summed E-state index contributed by atoms with van der Waals surface area (Å²) in [7, 11) is 3.22. The van der Waals surface area contributed by atoms with Crippen molar-refractivity contribution in [2.24, 2.45) is 4.99 Å². The molecule has 0 fully saturated rings. The quantitative estimate of drug-likeness (QED) is 0.331. The van der Waals surface area contributed by atoms with E-state index in [-0.39, 0.29) is 17.3 Å².